The summed E-state index contributed by atoms with van der Waals surface area (Å²) in [6.45, 7) is 2.86. The summed E-state index contributed by atoms with van der Waals surface area (Å²) in [5.74, 6) is -1.32. The summed E-state index contributed by atoms with van der Waals surface area (Å²) in [5.41, 5.74) is 0.517. The maximum Gasteiger partial charge on any atom is 0.308 e. The fraction of sp³-hybridized carbons (Fsp3) is 0.615. The Bertz CT molecular complexity index is 483. The summed E-state index contributed by atoms with van der Waals surface area (Å²) in [6, 6.07) is 0. The summed E-state index contributed by atoms with van der Waals surface area (Å²) >= 11 is 0. The molecule has 1 amide bonds. The molecule has 1 aliphatic rings. The monoisotopic (exact) mass is 265 g/mol. The zero-order chi connectivity index (χ0) is 14.0. The second kappa shape index (κ2) is 5.42. The number of aryl methyl sites for hydroxylation is 1. The number of likely N-dealkylation sites (tertiary alicyclic amines) is 1. The van der Waals surface area contributed by atoms with Crippen LogP contribution >= 0.6 is 0 Å². The molecule has 0 spiro atoms. The van der Waals surface area contributed by atoms with E-state index in [0.717, 1.165) is 12.8 Å². The molecule has 2 atom stereocenters. The molecule has 1 aliphatic heterocycles. The Morgan fingerprint density at radius 2 is 2.21 bits per heavy atom. The van der Waals surface area contributed by atoms with Gasteiger partial charge in [0.2, 0.25) is 0 Å². The molecule has 1 fully saturated rings. The number of carbonyl (C=O) groups is 2. The molecule has 1 aromatic rings. The number of rotatable bonds is 4. The van der Waals surface area contributed by atoms with E-state index in [-0.39, 0.29) is 11.8 Å². The van der Waals surface area contributed by atoms with Crippen molar-refractivity contribution >= 4 is 11.9 Å². The van der Waals surface area contributed by atoms with Crippen molar-refractivity contribution in [3.05, 3.63) is 18.0 Å². The van der Waals surface area contributed by atoms with Crippen LogP contribution in [0.3, 0.4) is 0 Å². The predicted octanol–water partition coefficient (Wildman–Crippen LogP) is 0.993. The molecule has 1 aromatic heterocycles. The average molecular weight is 265 g/mol. The van der Waals surface area contributed by atoms with Crippen LogP contribution in [0.4, 0.5) is 0 Å². The van der Waals surface area contributed by atoms with Crippen LogP contribution < -0.4 is 0 Å². The first-order chi connectivity index (χ1) is 9.02. The lowest BCUT2D eigenvalue weighted by molar-refractivity contribution is -0.142. The normalized spacial score (nSPS) is 22.7. The second-order valence-corrected chi connectivity index (χ2v) is 5.11. The fourth-order valence-electron chi connectivity index (χ4n) is 2.69. The van der Waals surface area contributed by atoms with E-state index in [2.05, 4.69) is 5.10 Å². The number of nitrogens with zero attached hydrogens (tertiary/aromatic N) is 3. The first-order valence-electron chi connectivity index (χ1n) is 6.53. The third kappa shape index (κ3) is 2.77. The molecule has 6 heteroatoms. The quantitative estimate of drug-likeness (QED) is 0.881. The average Bonchev–Trinajstić information content (AvgIpc) is 2.95. The Labute approximate surface area is 112 Å². The highest BCUT2D eigenvalue weighted by molar-refractivity contribution is 5.94. The molecule has 6 nitrogen and oxygen atoms in total. The second-order valence-electron chi connectivity index (χ2n) is 5.11. The Hall–Kier alpha value is -1.85. The van der Waals surface area contributed by atoms with Gasteiger partial charge in [-0.25, -0.2) is 0 Å². The van der Waals surface area contributed by atoms with Gasteiger partial charge in [-0.2, -0.15) is 5.10 Å². The third-order valence-corrected chi connectivity index (χ3v) is 3.66. The minimum Gasteiger partial charge on any atom is -0.481 e. The molecule has 0 bridgehead atoms. The molecule has 1 saturated heterocycles. The Kier molecular flexibility index (Phi) is 3.87. The van der Waals surface area contributed by atoms with Crippen LogP contribution in [0.25, 0.3) is 0 Å². The van der Waals surface area contributed by atoms with Crippen molar-refractivity contribution in [1.29, 1.82) is 0 Å². The van der Waals surface area contributed by atoms with Crippen LogP contribution in [0, 0.1) is 11.8 Å². The van der Waals surface area contributed by atoms with Crippen molar-refractivity contribution in [2.24, 2.45) is 18.9 Å². The minimum atomic E-state index is -0.806. The number of carboxylic acid groups (broad SMARTS) is 1. The Morgan fingerprint density at radius 3 is 2.74 bits per heavy atom. The van der Waals surface area contributed by atoms with Crippen LogP contribution in [0.15, 0.2) is 12.4 Å². The number of hydrogen-bond acceptors (Lipinski definition) is 3. The van der Waals surface area contributed by atoms with Gasteiger partial charge in [-0.05, 0) is 12.3 Å². The molecule has 0 aliphatic carbocycles. The summed E-state index contributed by atoms with van der Waals surface area (Å²) in [7, 11) is 1.75. The van der Waals surface area contributed by atoms with E-state index in [4.69, 9.17) is 0 Å². The van der Waals surface area contributed by atoms with Crippen molar-refractivity contribution in [2.45, 2.75) is 19.8 Å². The number of amides is 1. The van der Waals surface area contributed by atoms with Crippen LogP contribution in [0.5, 0.6) is 0 Å². The number of aliphatic carboxylic acids is 1. The SMILES string of the molecule is CCCC1CN(C(=O)c2cnn(C)c2)CC1C(=O)O. The standard InChI is InChI=1S/C13H19N3O3/c1-3-4-9-7-16(8-11(9)13(18)19)12(17)10-5-14-15(2)6-10/h5-6,9,11H,3-4,7-8H2,1-2H3,(H,18,19). The molecule has 19 heavy (non-hydrogen) atoms. The lowest BCUT2D eigenvalue weighted by Crippen LogP contribution is -2.29. The number of carboxylic acids is 1. The maximum atomic E-state index is 12.3. The summed E-state index contributed by atoms with van der Waals surface area (Å²) in [6.07, 6.45) is 4.95. The smallest absolute Gasteiger partial charge is 0.308 e. The minimum absolute atomic E-state index is 0.0584. The van der Waals surface area contributed by atoms with E-state index in [1.165, 1.54) is 6.20 Å². The zero-order valence-corrected chi connectivity index (χ0v) is 11.2. The van der Waals surface area contributed by atoms with Gasteiger partial charge >= 0.3 is 5.97 Å². The Balaban J connectivity index is 2.10. The predicted molar refractivity (Wildman–Crippen MR) is 68.6 cm³/mol. The van der Waals surface area contributed by atoms with Crippen LogP contribution in [-0.4, -0.2) is 44.8 Å². The summed E-state index contributed by atoms with van der Waals surface area (Å²) in [4.78, 5) is 25.1. The van der Waals surface area contributed by atoms with Crippen molar-refractivity contribution in [2.75, 3.05) is 13.1 Å². The van der Waals surface area contributed by atoms with Gasteiger partial charge in [0.05, 0.1) is 17.7 Å². The van der Waals surface area contributed by atoms with Gasteiger partial charge < -0.3 is 10.0 Å². The van der Waals surface area contributed by atoms with E-state index in [9.17, 15) is 14.7 Å². The van der Waals surface area contributed by atoms with Crippen molar-refractivity contribution in [1.82, 2.24) is 14.7 Å². The third-order valence-electron chi connectivity index (χ3n) is 3.66. The highest BCUT2D eigenvalue weighted by Gasteiger charge is 2.39. The zero-order valence-electron chi connectivity index (χ0n) is 11.2. The molecule has 0 saturated carbocycles. The van der Waals surface area contributed by atoms with Crippen LogP contribution in [0.1, 0.15) is 30.1 Å². The highest BCUT2D eigenvalue weighted by Crippen LogP contribution is 2.28. The van der Waals surface area contributed by atoms with Crippen molar-refractivity contribution < 1.29 is 14.7 Å². The van der Waals surface area contributed by atoms with Crippen molar-refractivity contribution in [3.63, 3.8) is 0 Å². The van der Waals surface area contributed by atoms with Gasteiger partial charge in [-0.1, -0.05) is 13.3 Å². The molecular weight excluding hydrogens is 246 g/mol. The maximum absolute atomic E-state index is 12.3. The van der Waals surface area contributed by atoms with Gasteiger partial charge in [0.1, 0.15) is 0 Å². The van der Waals surface area contributed by atoms with E-state index >= 15 is 0 Å². The summed E-state index contributed by atoms with van der Waals surface area (Å²) < 4.78 is 1.57. The topological polar surface area (TPSA) is 75.4 Å². The molecular formula is C13H19N3O3. The van der Waals surface area contributed by atoms with Gasteiger partial charge in [-0.3, -0.25) is 14.3 Å². The lowest BCUT2D eigenvalue weighted by Gasteiger charge is -2.14. The van der Waals surface area contributed by atoms with Gasteiger partial charge in [0.15, 0.2) is 0 Å². The van der Waals surface area contributed by atoms with Gasteiger partial charge in [-0.15, -0.1) is 0 Å². The van der Waals surface area contributed by atoms with E-state index in [1.54, 1.807) is 22.8 Å². The molecule has 2 rings (SSSR count). The highest BCUT2D eigenvalue weighted by atomic mass is 16.4. The fourth-order valence-corrected chi connectivity index (χ4v) is 2.69. The number of aromatic nitrogens is 2. The molecule has 0 radical (unpaired) electrons. The van der Waals surface area contributed by atoms with Crippen LogP contribution in [-0.2, 0) is 11.8 Å². The van der Waals surface area contributed by atoms with E-state index < -0.39 is 11.9 Å². The summed E-state index contributed by atoms with van der Waals surface area (Å²) in [5, 5.41) is 13.2. The van der Waals surface area contributed by atoms with E-state index in [0.29, 0.717) is 18.7 Å². The number of hydrogen-bond donors (Lipinski definition) is 1. The molecule has 2 unspecified atom stereocenters. The molecule has 2 heterocycles. The van der Waals surface area contributed by atoms with Gasteiger partial charge in [0.25, 0.3) is 5.91 Å². The van der Waals surface area contributed by atoms with Crippen LogP contribution in [0.2, 0.25) is 0 Å². The van der Waals surface area contributed by atoms with Crippen molar-refractivity contribution in [3.8, 4) is 0 Å². The molecule has 104 valence electrons. The Morgan fingerprint density at radius 1 is 1.47 bits per heavy atom. The van der Waals surface area contributed by atoms with Gasteiger partial charge in [0, 0.05) is 26.3 Å². The van der Waals surface area contributed by atoms with E-state index in [1.807, 2.05) is 6.92 Å². The largest absolute Gasteiger partial charge is 0.481 e. The number of carbonyl (C=O) groups excluding carboxylic acids is 1. The molecule has 0 aromatic carbocycles. The first-order valence-corrected chi connectivity index (χ1v) is 6.53. The first kappa shape index (κ1) is 13.6. The molecule has 1 N–H and O–H groups in total. The lowest BCUT2D eigenvalue weighted by atomic mass is 9.92.